The lowest BCUT2D eigenvalue weighted by Crippen LogP contribution is -2.59. The fraction of sp³-hybridized carbons (Fsp3) is 0.259. The van der Waals surface area contributed by atoms with E-state index in [0.717, 1.165) is 0 Å². The minimum atomic E-state index is -2.91. The van der Waals surface area contributed by atoms with E-state index in [2.05, 4.69) is 5.32 Å². The molecule has 5 nitrogen and oxygen atoms in total. The van der Waals surface area contributed by atoms with E-state index in [-0.39, 0.29) is 11.1 Å². The van der Waals surface area contributed by atoms with Gasteiger partial charge in [-0.15, -0.1) is 0 Å². The summed E-state index contributed by atoms with van der Waals surface area (Å²) < 4.78 is 21.6. The molecule has 6 heteroatoms. The van der Waals surface area contributed by atoms with E-state index in [1.807, 2.05) is 0 Å². The number of ether oxygens (including phenoxy) is 1. The fourth-order valence-electron chi connectivity index (χ4n) is 3.46. The van der Waals surface area contributed by atoms with Crippen molar-refractivity contribution in [3.8, 4) is 0 Å². The summed E-state index contributed by atoms with van der Waals surface area (Å²) in [6, 6.07) is 24.9. The second kappa shape index (κ2) is 9.55. The fourth-order valence-corrected chi connectivity index (χ4v) is 3.46. The zero-order chi connectivity index (χ0) is 24.1. The van der Waals surface area contributed by atoms with Gasteiger partial charge in [-0.2, -0.15) is 0 Å². The van der Waals surface area contributed by atoms with Gasteiger partial charge in [0.1, 0.15) is 5.60 Å². The highest BCUT2D eigenvalue weighted by Crippen LogP contribution is 2.32. The third kappa shape index (κ3) is 5.65. The van der Waals surface area contributed by atoms with Gasteiger partial charge in [0.2, 0.25) is 0 Å². The number of nitrogens with one attached hydrogen (secondary N) is 1. The van der Waals surface area contributed by atoms with E-state index in [1.54, 1.807) is 112 Å². The number of carbonyl (C=O) groups excluding carboxylic acids is 2. The van der Waals surface area contributed by atoms with Crippen LogP contribution < -0.4 is 5.32 Å². The Balaban J connectivity index is 2.04. The molecule has 33 heavy (non-hydrogen) atoms. The van der Waals surface area contributed by atoms with Gasteiger partial charge in [-0.3, -0.25) is 4.79 Å². The first-order valence-electron chi connectivity index (χ1n) is 10.7. The zero-order valence-electron chi connectivity index (χ0n) is 18.9. The van der Waals surface area contributed by atoms with E-state index < -0.39 is 35.3 Å². The summed E-state index contributed by atoms with van der Waals surface area (Å²) in [6.07, 6.45) is -0.464. The Bertz CT molecular complexity index is 1040. The highest BCUT2D eigenvalue weighted by Gasteiger charge is 2.49. The van der Waals surface area contributed by atoms with Crippen molar-refractivity contribution in [2.24, 2.45) is 0 Å². The number of carbonyl (C=O) groups is 2. The van der Waals surface area contributed by atoms with Gasteiger partial charge in [-0.25, -0.2) is 9.18 Å². The largest absolute Gasteiger partial charge is 0.456 e. The third-order valence-corrected chi connectivity index (χ3v) is 5.04. The van der Waals surface area contributed by atoms with E-state index in [0.29, 0.717) is 5.56 Å². The summed E-state index contributed by atoms with van der Waals surface area (Å²) in [4.78, 5) is 26.5. The smallest absolute Gasteiger partial charge is 0.365 e. The van der Waals surface area contributed by atoms with Gasteiger partial charge in [-0.05, 0) is 37.5 Å². The van der Waals surface area contributed by atoms with Gasteiger partial charge < -0.3 is 15.2 Å². The molecule has 0 saturated heterocycles. The number of halogens is 1. The quantitative estimate of drug-likeness (QED) is 0.417. The van der Waals surface area contributed by atoms with E-state index in [1.165, 1.54) is 0 Å². The Kier molecular flexibility index (Phi) is 6.98. The summed E-state index contributed by atoms with van der Waals surface area (Å²) >= 11 is 0. The van der Waals surface area contributed by atoms with Crippen molar-refractivity contribution in [1.29, 1.82) is 0 Å². The molecular weight excluding hydrogens is 421 g/mol. The van der Waals surface area contributed by atoms with Gasteiger partial charge in [0.05, 0.1) is 0 Å². The van der Waals surface area contributed by atoms with Crippen molar-refractivity contribution in [3.05, 3.63) is 108 Å². The van der Waals surface area contributed by atoms with Crippen molar-refractivity contribution in [2.45, 2.75) is 44.2 Å². The van der Waals surface area contributed by atoms with Gasteiger partial charge >= 0.3 is 5.97 Å². The summed E-state index contributed by atoms with van der Waals surface area (Å²) in [6.45, 7) is 4.83. The van der Waals surface area contributed by atoms with Crippen LogP contribution in [0.25, 0.3) is 0 Å². The lowest BCUT2D eigenvalue weighted by Gasteiger charge is -2.34. The molecule has 1 amide bonds. The minimum absolute atomic E-state index is 0.236. The molecular formula is C27H28FNO4. The van der Waals surface area contributed by atoms with Gasteiger partial charge in [-0.1, -0.05) is 91.0 Å². The maximum Gasteiger partial charge on any atom is 0.365 e. The number of hydrogen-bond acceptors (Lipinski definition) is 4. The molecule has 0 aliphatic rings. The topological polar surface area (TPSA) is 75.6 Å². The Morgan fingerprint density at radius 1 is 0.818 bits per heavy atom. The molecule has 0 radical (unpaired) electrons. The molecule has 3 aromatic carbocycles. The maximum atomic E-state index is 16.3. The van der Waals surface area contributed by atoms with Crippen LogP contribution in [0.1, 0.15) is 37.5 Å². The second-order valence-electron chi connectivity index (χ2n) is 8.86. The van der Waals surface area contributed by atoms with Crippen molar-refractivity contribution in [1.82, 2.24) is 5.32 Å². The van der Waals surface area contributed by atoms with Crippen LogP contribution in [-0.4, -0.2) is 28.4 Å². The van der Waals surface area contributed by atoms with Crippen LogP contribution in [0.4, 0.5) is 4.39 Å². The minimum Gasteiger partial charge on any atom is -0.456 e. The number of amides is 1. The number of aliphatic hydroxyl groups is 1. The summed E-state index contributed by atoms with van der Waals surface area (Å²) in [7, 11) is 0. The molecule has 0 aromatic heterocycles. The number of alkyl halides is 1. The predicted octanol–water partition coefficient (Wildman–Crippen LogP) is 4.29. The van der Waals surface area contributed by atoms with Gasteiger partial charge in [0.15, 0.2) is 5.60 Å². The molecule has 3 rings (SSSR count). The first kappa shape index (κ1) is 24.1. The molecule has 0 aliphatic carbocycles. The number of benzene rings is 3. The lowest BCUT2D eigenvalue weighted by atomic mass is 9.85. The molecule has 0 saturated carbocycles. The molecule has 0 unspecified atom stereocenters. The van der Waals surface area contributed by atoms with E-state index in [4.69, 9.17) is 4.74 Å². The molecule has 0 spiro atoms. The van der Waals surface area contributed by atoms with Gasteiger partial charge in [0.25, 0.3) is 11.7 Å². The van der Waals surface area contributed by atoms with Crippen LogP contribution in [-0.2, 0) is 26.3 Å². The van der Waals surface area contributed by atoms with Crippen LogP contribution >= 0.6 is 0 Å². The average Bonchev–Trinajstić information content (AvgIpc) is 2.79. The third-order valence-electron chi connectivity index (χ3n) is 5.04. The highest BCUT2D eigenvalue weighted by molar-refractivity contribution is 5.94. The first-order valence-corrected chi connectivity index (χ1v) is 10.7. The second-order valence-corrected chi connectivity index (χ2v) is 8.86. The molecule has 2 N–H and O–H groups in total. The monoisotopic (exact) mass is 449 g/mol. The molecule has 0 fully saturated rings. The maximum absolute atomic E-state index is 16.3. The van der Waals surface area contributed by atoms with Crippen LogP contribution in [0, 0.1) is 0 Å². The molecule has 3 aromatic rings. The normalized spacial score (nSPS) is 13.6. The van der Waals surface area contributed by atoms with Gasteiger partial charge in [0, 0.05) is 6.42 Å². The SMILES string of the molecule is CC(C)(C)OC(=O)[C@@](F)(Cc1ccccc1)NC(=O)C(O)(c1ccccc1)c1ccccc1. The number of esters is 1. The average molecular weight is 450 g/mol. The van der Waals surface area contributed by atoms with E-state index >= 15 is 4.39 Å². The van der Waals surface area contributed by atoms with Crippen molar-refractivity contribution >= 4 is 11.9 Å². The van der Waals surface area contributed by atoms with Crippen LogP contribution in [0.3, 0.4) is 0 Å². The Hall–Kier alpha value is -3.51. The highest BCUT2D eigenvalue weighted by atomic mass is 19.1. The molecule has 0 heterocycles. The Morgan fingerprint density at radius 3 is 1.67 bits per heavy atom. The van der Waals surface area contributed by atoms with Crippen molar-refractivity contribution in [2.75, 3.05) is 0 Å². The Morgan fingerprint density at radius 2 is 1.24 bits per heavy atom. The summed E-state index contributed by atoms with van der Waals surface area (Å²) in [5.74, 6) is -5.23. The first-order chi connectivity index (χ1) is 15.5. The lowest BCUT2D eigenvalue weighted by molar-refractivity contribution is -0.175. The number of hydrogen-bond donors (Lipinski definition) is 2. The van der Waals surface area contributed by atoms with Crippen LogP contribution in [0.5, 0.6) is 0 Å². The molecule has 1 atom stereocenters. The molecule has 0 bridgehead atoms. The number of rotatable bonds is 7. The van der Waals surface area contributed by atoms with Crippen molar-refractivity contribution in [3.63, 3.8) is 0 Å². The predicted molar refractivity (Wildman–Crippen MR) is 124 cm³/mol. The molecule has 0 aliphatic heterocycles. The summed E-state index contributed by atoms with van der Waals surface area (Å²) in [5.41, 5.74) is -2.27. The van der Waals surface area contributed by atoms with Crippen LogP contribution in [0.15, 0.2) is 91.0 Å². The zero-order valence-corrected chi connectivity index (χ0v) is 18.9. The Labute approximate surface area is 193 Å². The van der Waals surface area contributed by atoms with E-state index in [9.17, 15) is 14.7 Å². The van der Waals surface area contributed by atoms with Crippen molar-refractivity contribution < 1.29 is 23.8 Å². The van der Waals surface area contributed by atoms with Crippen LogP contribution in [0.2, 0.25) is 0 Å². The summed E-state index contributed by atoms with van der Waals surface area (Å²) in [5, 5.41) is 13.8. The molecule has 172 valence electrons. The standard InChI is InChI=1S/C27H28FNO4/c1-25(2,3)33-24(31)26(28,19-20-13-7-4-8-14-20)29-23(30)27(32,21-15-9-5-10-16-21)22-17-11-6-12-18-22/h4-18,32H,19H2,1-3H3,(H,29,30)/t26-/m1/s1.